The first-order valence-electron chi connectivity index (χ1n) is 9.18. The van der Waals surface area contributed by atoms with Gasteiger partial charge in [-0.15, -0.1) is 0 Å². The Balaban J connectivity index is 1.84. The minimum Gasteiger partial charge on any atom is -0.348 e. The van der Waals surface area contributed by atoms with Crippen LogP contribution in [0.15, 0.2) is 42.5 Å². The Labute approximate surface area is 177 Å². The van der Waals surface area contributed by atoms with E-state index in [1.54, 1.807) is 0 Å². The number of carbonyl (C=O) groups excluding carboxylic acids is 1. The quantitative estimate of drug-likeness (QED) is 0.722. The highest BCUT2D eigenvalue weighted by Gasteiger charge is 2.35. The normalized spacial score (nSPS) is 16.6. The first-order valence-corrected chi connectivity index (χ1v) is 11.4. The van der Waals surface area contributed by atoms with Gasteiger partial charge < -0.3 is 5.32 Å². The molecule has 0 radical (unpaired) electrons. The lowest BCUT2D eigenvalue weighted by atomic mass is 9.88. The van der Waals surface area contributed by atoms with Gasteiger partial charge in [-0.3, -0.25) is 9.10 Å². The van der Waals surface area contributed by atoms with Gasteiger partial charge in [0.25, 0.3) is 0 Å². The fraction of sp³-hybridized carbons (Fsp3) is 0.350. The number of rotatable bonds is 5. The molecule has 0 bridgehead atoms. The Morgan fingerprint density at radius 1 is 1.23 bits per heavy atom. The summed E-state index contributed by atoms with van der Waals surface area (Å²) in [7, 11) is -4.03. The summed E-state index contributed by atoms with van der Waals surface area (Å²) in [5.41, 5.74) is 0.626. The van der Waals surface area contributed by atoms with E-state index in [1.807, 2.05) is 24.3 Å². The van der Waals surface area contributed by atoms with E-state index >= 15 is 0 Å². The third-order valence-corrected chi connectivity index (χ3v) is 6.41. The van der Waals surface area contributed by atoms with Crippen LogP contribution in [0.3, 0.4) is 0 Å². The molecule has 2 aromatic carbocycles. The zero-order chi connectivity index (χ0) is 22.1. The van der Waals surface area contributed by atoms with E-state index in [0.717, 1.165) is 42.4 Å². The molecule has 0 saturated carbocycles. The van der Waals surface area contributed by atoms with Crippen LogP contribution in [0.25, 0.3) is 0 Å². The van der Waals surface area contributed by atoms with Crippen molar-refractivity contribution in [3.8, 4) is 0 Å². The zero-order valence-electron chi connectivity index (χ0n) is 16.0. The summed E-state index contributed by atoms with van der Waals surface area (Å²) in [6.45, 7) is -0.642. The van der Waals surface area contributed by atoms with Crippen molar-refractivity contribution in [3.63, 3.8) is 0 Å². The van der Waals surface area contributed by atoms with Crippen molar-refractivity contribution >= 4 is 33.2 Å². The van der Waals surface area contributed by atoms with E-state index in [0.29, 0.717) is 16.8 Å². The number of carbonyl (C=O) groups is 1. The fourth-order valence-corrected chi connectivity index (χ4v) is 4.63. The van der Waals surface area contributed by atoms with E-state index in [2.05, 4.69) is 5.32 Å². The lowest BCUT2D eigenvalue weighted by Gasteiger charge is -2.28. The van der Waals surface area contributed by atoms with Gasteiger partial charge in [-0.1, -0.05) is 35.9 Å². The second kappa shape index (κ2) is 8.47. The summed E-state index contributed by atoms with van der Waals surface area (Å²) in [5.74, 6) is -0.606. The molecular weight excluding hydrogens is 441 g/mol. The number of aryl methyl sites for hydroxylation is 1. The van der Waals surface area contributed by atoms with E-state index < -0.39 is 39.2 Å². The summed E-state index contributed by atoms with van der Waals surface area (Å²) >= 11 is 5.61. The number of hydrogen-bond donors (Lipinski definition) is 1. The summed E-state index contributed by atoms with van der Waals surface area (Å²) < 4.78 is 64.6. The van der Waals surface area contributed by atoms with Crippen molar-refractivity contribution in [3.05, 3.63) is 64.2 Å². The number of nitrogens with zero attached hydrogens (tertiary/aromatic N) is 1. The van der Waals surface area contributed by atoms with Crippen LogP contribution in [0.2, 0.25) is 5.02 Å². The second-order valence-corrected chi connectivity index (χ2v) is 9.46. The van der Waals surface area contributed by atoms with Crippen LogP contribution >= 0.6 is 11.6 Å². The number of anilines is 1. The third kappa shape index (κ3) is 5.07. The predicted octanol–water partition coefficient (Wildman–Crippen LogP) is 4.32. The Kier molecular flexibility index (Phi) is 6.33. The number of alkyl halides is 3. The van der Waals surface area contributed by atoms with Crippen LogP contribution in [-0.4, -0.2) is 27.1 Å². The van der Waals surface area contributed by atoms with E-state index in [1.165, 1.54) is 0 Å². The SMILES string of the molecule is CS(=O)(=O)N(CC(=O)NC1CCCc2ccccc21)c1ccc(Cl)c(C(F)(F)F)c1. The molecule has 30 heavy (non-hydrogen) atoms. The van der Waals surface area contributed by atoms with Crippen molar-refractivity contribution in [2.24, 2.45) is 0 Å². The third-order valence-electron chi connectivity index (χ3n) is 4.94. The predicted molar refractivity (Wildman–Crippen MR) is 109 cm³/mol. The molecule has 1 unspecified atom stereocenters. The highest BCUT2D eigenvalue weighted by Crippen LogP contribution is 2.37. The summed E-state index contributed by atoms with van der Waals surface area (Å²) in [6.07, 6.45) is -1.48. The van der Waals surface area contributed by atoms with Gasteiger partial charge in [-0.05, 0) is 48.6 Å². The minimum absolute atomic E-state index is 0.278. The highest BCUT2D eigenvalue weighted by molar-refractivity contribution is 7.92. The van der Waals surface area contributed by atoms with Crippen LogP contribution in [0, 0.1) is 0 Å². The van der Waals surface area contributed by atoms with Crippen molar-refractivity contribution in [2.45, 2.75) is 31.5 Å². The molecule has 0 aliphatic heterocycles. The minimum atomic E-state index is -4.76. The van der Waals surface area contributed by atoms with Crippen LogP contribution in [0.5, 0.6) is 0 Å². The molecule has 1 aliphatic carbocycles. The average molecular weight is 461 g/mol. The van der Waals surface area contributed by atoms with Gasteiger partial charge in [-0.2, -0.15) is 13.2 Å². The highest BCUT2D eigenvalue weighted by atomic mass is 35.5. The van der Waals surface area contributed by atoms with Gasteiger partial charge in [0.15, 0.2) is 0 Å². The Morgan fingerprint density at radius 2 is 1.93 bits per heavy atom. The maximum absolute atomic E-state index is 13.2. The number of fused-ring (bicyclic) bond motifs is 1. The molecule has 162 valence electrons. The number of sulfonamides is 1. The number of nitrogens with one attached hydrogen (secondary N) is 1. The van der Waals surface area contributed by atoms with Gasteiger partial charge in [0, 0.05) is 0 Å². The van der Waals surface area contributed by atoms with E-state index in [9.17, 15) is 26.4 Å². The number of amides is 1. The molecule has 0 spiro atoms. The van der Waals surface area contributed by atoms with Crippen LogP contribution < -0.4 is 9.62 Å². The van der Waals surface area contributed by atoms with Gasteiger partial charge >= 0.3 is 6.18 Å². The number of hydrogen-bond acceptors (Lipinski definition) is 3. The first-order chi connectivity index (χ1) is 14.0. The molecule has 10 heteroatoms. The van der Waals surface area contributed by atoms with Crippen LogP contribution in [-0.2, 0) is 27.4 Å². The molecule has 1 N–H and O–H groups in total. The van der Waals surface area contributed by atoms with E-state index in [-0.39, 0.29) is 11.7 Å². The summed E-state index contributed by atoms with van der Waals surface area (Å²) in [5, 5.41) is 2.26. The molecule has 1 amide bonds. The lowest BCUT2D eigenvalue weighted by molar-refractivity contribution is -0.137. The first kappa shape index (κ1) is 22.4. The molecule has 0 fully saturated rings. The Hall–Kier alpha value is -2.26. The van der Waals surface area contributed by atoms with Crippen molar-refractivity contribution in [1.82, 2.24) is 5.32 Å². The van der Waals surface area contributed by atoms with Crippen molar-refractivity contribution in [2.75, 3.05) is 17.1 Å². The van der Waals surface area contributed by atoms with Gasteiger partial charge in [0.1, 0.15) is 6.54 Å². The number of benzene rings is 2. The van der Waals surface area contributed by atoms with Crippen molar-refractivity contribution < 1.29 is 26.4 Å². The van der Waals surface area contributed by atoms with Gasteiger partial charge in [-0.25, -0.2) is 8.42 Å². The molecular formula is C20H20ClF3N2O3S. The fourth-order valence-electron chi connectivity index (χ4n) is 3.56. The molecule has 0 aromatic heterocycles. The molecule has 5 nitrogen and oxygen atoms in total. The van der Waals surface area contributed by atoms with Crippen LogP contribution in [0.4, 0.5) is 18.9 Å². The largest absolute Gasteiger partial charge is 0.417 e. The van der Waals surface area contributed by atoms with Gasteiger partial charge in [0.05, 0.1) is 28.6 Å². The second-order valence-electron chi connectivity index (χ2n) is 7.14. The lowest BCUT2D eigenvalue weighted by Crippen LogP contribution is -2.42. The zero-order valence-corrected chi connectivity index (χ0v) is 17.6. The molecule has 2 aromatic rings. The molecule has 1 aliphatic rings. The maximum atomic E-state index is 13.2. The molecule has 0 heterocycles. The monoisotopic (exact) mass is 460 g/mol. The molecule has 1 atom stereocenters. The van der Waals surface area contributed by atoms with Crippen LogP contribution in [0.1, 0.15) is 35.6 Å². The standard InChI is InChI=1S/C20H20ClF3N2O3S/c1-30(28,29)26(14-9-10-17(21)16(11-14)20(22,23)24)12-19(27)25-18-8-4-6-13-5-2-3-7-15(13)18/h2-3,5,7,9-11,18H,4,6,8,12H2,1H3,(H,25,27). The Bertz CT molecular complexity index is 1060. The number of halogens is 4. The molecule has 3 rings (SSSR count). The average Bonchev–Trinajstić information content (AvgIpc) is 2.65. The summed E-state index contributed by atoms with van der Waals surface area (Å²) in [6, 6.07) is 10.1. The van der Waals surface area contributed by atoms with Crippen molar-refractivity contribution in [1.29, 1.82) is 0 Å². The topological polar surface area (TPSA) is 66.5 Å². The Morgan fingerprint density at radius 3 is 2.60 bits per heavy atom. The smallest absolute Gasteiger partial charge is 0.348 e. The van der Waals surface area contributed by atoms with Gasteiger partial charge in [0.2, 0.25) is 15.9 Å². The summed E-state index contributed by atoms with van der Waals surface area (Å²) in [4.78, 5) is 12.6. The van der Waals surface area contributed by atoms with E-state index in [4.69, 9.17) is 11.6 Å². The molecule has 0 saturated heterocycles. The maximum Gasteiger partial charge on any atom is 0.417 e.